The van der Waals surface area contributed by atoms with Crippen molar-refractivity contribution in [2.24, 2.45) is 11.1 Å². The summed E-state index contributed by atoms with van der Waals surface area (Å²) >= 11 is 0. The summed E-state index contributed by atoms with van der Waals surface area (Å²) in [6.07, 6.45) is 3.74. The lowest BCUT2D eigenvalue weighted by atomic mass is 10.0. The molecule has 0 spiro atoms. The molecule has 0 heterocycles. The third-order valence-electron chi connectivity index (χ3n) is 3.50. The Balaban J connectivity index is 1.89. The number of hydrogen-bond donors (Lipinski definition) is 0. The minimum absolute atomic E-state index is 0.258. The number of hydrogen-bond acceptors (Lipinski definition) is 2. The van der Waals surface area contributed by atoms with Crippen LogP contribution >= 0.6 is 0 Å². The van der Waals surface area contributed by atoms with Crippen molar-refractivity contribution in [1.82, 2.24) is 0 Å². The van der Waals surface area contributed by atoms with E-state index in [0.29, 0.717) is 17.5 Å². The summed E-state index contributed by atoms with van der Waals surface area (Å²) in [5.41, 5.74) is -0.236. The predicted octanol–water partition coefficient (Wildman–Crippen LogP) is 4.68. The normalized spacial score (nSPS) is 14.5. The minimum atomic E-state index is -0.976. The zero-order valence-electron chi connectivity index (χ0n) is 11.7. The quantitative estimate of drug-likeness (QED) is 0.580. The molecule has 0 bridgehead atoms. The number of benzene rings is 2. The van der Waals surface area contributed by atoms with Gasteiger partial charge in [0.25, 0.3) is 0 Å². The van der Waals surface area contributed by atoms with Gasteiger partial charge in [0, 0.05) is 12.3 Å². The molecule has 2 aromatic carbocycles. The molecule has 1 aliphatic carbocycles. The molecule has 0 saturated heterocycles. The highest BCUT2D eigenvalue weighted by Gasteiger charge is 2.21. The van der Waals surface area contributed by atoms with E-state index in [0.717, 1.165) is 12.8 Å². The second-order valence-electron chi connectivity index (χ2n) is 5.24. The molecule has 0 N–H and O–H groups in total. The fourth-order valence-electron chi connectivity index (χ4n) is 2.11. The van der Waals surface area contributed by atoms with Crippen molar-refractivity contribution in [2.45, 2.75) is 19.4 Å². The van der Waals surface area contributed by atoms with Gasteiger partial charge in [-0.2, -0.15) is 0 Å². The summed E-state index contributed by atoms with van der Waals surface area (Å²) in [4.78, 5) is 4.93. The zero-order valence-corrected chi connectivity index (χ0v) is 11.7. The van der Waals surface area contributed by atoms with Crippen LogP contribution in [0.2, 0.25) is 0 Å². The molecule has 0 unspecified atom stereocenters. The molecule has 0 amide bonds. The summed E-state index contributed by atoms with van der Waals surface area (Å²) in [5, 5.41) is 3.68. The van der Waals surface area contributed by atoms with E-state index in [4.69, 9.17) is 4.84 Å². The van der Waals surface area contributed by atoms with Crippen LogP contribution in [-0.4, -0.2) is 6.21 Å². The van der Waals surface area contributed by atoms with E-state index in [-0.39, 0.29) is 17.7 Å². The van der Waals surface area contributed by atoms with Gasteiger partial charge in [-0.3, -0.25) is 0 Å². The largest absolute Gasteiger partial charge is 0.391 e. The van der Waals surface area contributed by atoms with Crippen molar-refractivity contribution >= 4 is 6.21 Å². The first-order chi connectivity index (χ1) is 10.7. The van der Waals surface area contributed by atoms with Crippen molar-refractivity contribution in [3.05, 3.63) is 59.4 Å². The molecule has 0 aliphatic heterocycles. The van der Waals surface area contributed by atoms with Crippen molar-refractivity contribution < 1.29 is 18.0 Å². The lowest BCUT2D eigenvalue weighted by Crippen LogP contribution is -2.02. The molecular formula is C17H14F3NO. The Morgan fingerprint density at radius 1 is 1.09 bits per heavy atom. The van der Waals surface area contributed by atoms with Gasteiger partial charge in [0.05, 0.1) is 11.1 Å². The Morgan fingerprint density at radius 2 is 1.82 bits per heavy atom. The first-order valence-corrected chi connectivity index (χ1v) is 7.04. The van der Waals surface area contributed by atoms with E-state index in [1.807, 2.05) is 0 Å². The van der Waals surface area contributed by atoms with Gasteiger partial charge < -0.3 is 4.84 Å². The van der Waals surface area contributed by atoms with E-state index in [9.17, 15) is 13.2 Å². The Labute approximate surface area is 126 Å². The standard InChI is InChI=1S/C17H14F3NO/c18-14-8-15(19)16(12-4-2-1-3-5-12)17(20)13(14)10-22-21-9-11-6-7-11/h1-5,8-9,11H,6-7,10H2/b21-9+. The van der Waals surface area contributed by atoms with Crippen LogP contribution in [0.5, 0.6) is 0 Å². The van der Waals surface area contributed by atoms with Crippen molar-refractivity contribution in [1.29, 1.82) is 0 Å². The molecule has 1 saturated carbocycles. The fourth-order valence-corrected chi connectivity index (χ4v) is 2.11. The average Bonchev–Trinajstić information content (AvgIpc) is 3.31. The lowest BCUT2D eigenvalue weighted by Gasteiger charge is -2.10. The smallest absolute Gasteiger partial charge is 0.148 e. The second kappa shape index (κ2) is 6.22. The van der Waals surface area contributed by atoms with Gasteiger partial charge in [-0.15, -0.1) is 0 Å². The topological polar surface area (TPSA) is 21.6 Å². The molecule has 114 valence electrons. The highest BCUT2D eigenvalue weighted by atomic mass is 19.1. The molecule has 3 rings (SSSR count). The van der Waals surface area contributed by atoms with E-state index >= 15 is 0 Å². The first-order valence-electron chi connectivity index (χ1n) is 7.04. The monoisotopic (exact) mass is 305 g/mol. The number of halogens is 3. The number of nitrogens with zero attached hydrogens (tertiary/aromatic N) is 1. The molecule has 22 heavy (non-hydrogen) atoms. The maximum atomic E-state index is 14.5. The van der Waals surface area contributed by atoms with Gasteiger partial charge in [0.1, 0.15) is 24.1 Å². The average molecular weight is 305 g/mol. The summed E-state index contributed by atoms with van der Waals surface area (Å²) in [6, 6.07) is 8.86. The van der Waals surface area contributed by atoms with Crippen LogP contribution in [0.25, 0.3) is 11.1 Å². The molecule has 0 atom stereocenters. The van der Waals surface area contributed by atoms with Crippen molar-refractivity contribution in [3.63, 3.8) is 0 Å². The third kappa shape index (κ3) is 3.13. The highest BCUT2D eigenvalue weighted by Crippen LogP contribution is 2.30. The number of oxime groups is 1. The third-order valence-corrected chi connectivity index (χ3v) is 3.50. The Hall–Kier alpha value is -2.30. The van der Waals surface area contributed by atoms with E-state index in [2.05, 4.69) is 5.16 Å². The van der Waals surface area contributed by atoms with Gasteiger partial charge in [0.2, 0.25) is 0 Å². The van der Waals surface area contributed by atoms with Crippen LogP contribution in [0.3, 0.4) is 0 Å². The first kappa shape index (κ1) is 14.6. The van der Waals surface area contributed by atoms with Crippen LogP contribution < -0.4 is 0 Å². The molecule has 0 radical (unpaired) electrons. The summed E-state index contributed by atoms with van der Waals surface area (Å²) in [7, 11) is 0. The minimum Gasteiger partial charge on any atom is -0.391 e. The Kier molecular flexibility index (Phi) is 4.13. The highest BCUT2D eigenvalue weighted by molar-refractivity contribution is 5.66. The maximum absolute atomic E-state index is 14.5. The SMILES string of the molecule is Fc1cc(F)c(-c2ccccc2)c(F)c1CO/N=C/C1CC1. The molecule has 1 aliphatic rings. The molecule has 2 nitrogen and oxygen atoms in total. The fraction of sp³-hybridized carbons (Fsp3) is 0.235. The molecule has 2 aromatic rings. The van der Waals surface area contributed by atoms with Crippen LogP contribution in [-0.2, 0) is 11.4 Å². The van der Waals surface area contributed by atoms with Gasteiger partial charge in [0.15, 0.2) is 0 Å². The molecule has 1 fully saturated rings. The van der Waals surface area contributed by atoms with Gasteiger partial charge in [-0.25, -0.2) is 13.2 Å². The maximum Gasteiger partial charge on any atom is 0.148 e. The molecular weight excluding hydrogens is 291 g/mol. The van der Waals surface area contributed by atoms with Gasteiger partial charge in [-0.05, 0) is 24.3 Å². The predicted molar refractivity (Wildman–Crippen MR) is 77.8 cm³/mol. The van der Waals surface area contributed by atoms with E-state index < -0.39 is 17.5 Å². The summed E-state index contributed by atoms with van der Waals surface area (Å²) < 4.78 is 42.2. The van der Waals surface area contributed by atoms with Crippen molar-refractivity contribution in [3.8, 4) is 11.1 Å². The summed E-state index contributed by atoms with van der Waals surface area (Å²) in [5.74, 6) is -2.46. The van der Waals surface area contributed by atoms with E-state index in [1.165, 1.54) is 0 Å². The summed E-state index contributed by atoms with van der Waals surface area (Å²) in [6.45, 7) is -0.374. The zero-order chi connectivity index (χ0) is 15.5. The van der Waals surface area contributed by atoms with Crippen LogP contribution in [0.1, 0.15) is 18.4 Å². The number of rotatable bonds is 5. The van der Waals surface area contributed by atoms with Crippen LogP contribution in [0.15, 0.2) is 41.6 Å². The Morgan fingerprint density at radius 3 is 2.50 bits per heavy atom. The van der Waals surface area contributed by atoms with Crippen molar-refractivity contribution in [2.75, 3.05) is 0 Å². The van der Waals surface area contributed by atoms with Gasteiger partial charge >= 0.3 is 0 Å². The Bertz CT molecular complexity index is 697. The van der Waals surface area contributed by atoms with E-state index in [1.54, 1.807) is 36.5 Å². The van der Waals surface area contributed by atoms with Gasteiger partial charge in [-0.1, -0.05) is 35.5 Å². The van der Waals surface area contributed by atoms with Crippen LogP contribution in [0, 0.1) is 23.4 Å². The van der Waals surface area contributed by atoms with Crippen LogP contribution in [0.4, 0.5) is 13.2 Å². The molecule has 0 aromatic heterocycles. The second-order valence-corrected chi connectivity index (χ2v) is 5.24. The lowest BCUT2D eigenvalue weighted by molar-refractivity contribution is 0.125. The molecule has 5 heteroatoms.